The molecule has 2 aliphatic heterocycles. The first-order valence-electron chi connectivity index (χ1n) is 10.0. The summed E-state index contributed by atoms with van der Waals surface area (Å²) in [5.74, 6) is 1.85. The number of fused-ring (bicyclic) bond motifs is 1. The van der Waals surface area contributed by atoms with Gasteiger partial charge >= 0.3 is 0 Å². The predicted molar refractivity (Wildman–Crippen MR) is 109 cm³/mol. The molecule has 0 radical (unpaired) electrons. The van der Waals surface area contributed by atoms with Gasteiger partial charge < -0.3 is 14.4 Å². The molecule has 4 rings (SSSR count). The van der Waals surface area contributed by atoms with E-state index in [9.17, 15) is 4.79 Å². The Balaban J connectivity index is 1.24. The fourth-order valence-corrected chi connectivity index (χ4v) is 3.79. The van der Waals surface area contributed by atoms with Crippen LogP contribution in [0.2, 0.25) is 0 Å². The molecule has 0 spiro atoms. The Morgan fingerprint density at radius 2 is 1.86 bits per heavy atom. The Morgan fingerprint density at radius 3 is 2.64 bits per heavy atom. The molecule has 2 heterocycles. The second kappa shape index (κ2) is 8.23. The molecule has 5 nitrogen and oxygen atoms in total. The zero-order valence-electron chi connectivity index (χ0n) is 16.7. The van der Waals surface area contributed by atoms with Gasteiger partial charge in [0.15, 0.2) is 6.61 Å². The van der Waals surface area contributed by atoms with Crippen molar-refractivity contribution >= 4 is 5.91 Å². The lowest BCUT2D eigenvalue weighted by molar-refractivity contribution is -0.135. The number of amides is 1. The first-order valence-corrected chi connectivity index (χ1v) is 10.0. The number of carbonyl (C=O) groups is 1. The topological polar surface area (TPSA) is 42.0 Å². The van der Waals surface area contributed by atoms with Crippen molar-refractivity contribution in [3.05, 3.63) is 58.7 Å². The van der Waals surface area contributed by atoms with Crippen LogP contribution in [0.1, 0.15) is 22.3 Å². The molecule has 0 aliphatic carbocycles. The Morgan fingerprint density at radius 1 is 1.04 bits per heavy atom. The number of nitrogens with zero attached hydrogens (tertiary/aromatic N) is 2. The molecule has 28 heavy (non-hydrogen) atoms. The molecule has 1 amide bonds. The van der Waals surface area contributed by atoms with Crippen LogP contribution >= 0.6 is 0 Å². The van der Waals surface area contributed by atoms with Gasteiger partial charge in [0.25, 0.3) is 5.91 Å². The zero-order chi connectivity index (χ0) is 19.5. The van der Waals surface area contributed by atoms with Crippen LogP contribution in [-0.4, -0.2) is 55.1 Å². The molecule has 5 heteroatoms. The van der Waals surface area contributed by atoms with Gasteiger partial charge in [-0.15, -0.1) is 0 Å². The van der Waals surface area contributed by atoms with Gasteiger partial charge in [-0.2, -0.15) is 0 Å². The van der Waals surface area contributed by atoms with Gasteiger partial charge in [0.2, 0.25) is 0 Å². The second-order valence-electron chi connectivity index (χ2n) is 7.73. The smallest absolute Gasteiger partial charge is 0.260 e. The number of rotatable bonds is 5. The van der Waals surface area contributed by atoms with Gasteiger partial charge in [0.1, 0.15) is 11.5 Å². The number of carbonyl (C=O) groups excluding carboxylic acids is 1. The maximum absolute atomic E-state index is 12.5. The summed E-state index contributed by atoms with van der Waals surface area (Å²) in [4.78, 5) is 16.8. The van der Waals surface area contributed by atoms with E-state index in [1.807, 2.05) is 23.1 Å². The molecule has 1 fully saturated rings. The van der Waals surface area contributed by atoms with Crippen molar-refractivity contribution < 1.29 is 14.3 Å². The minimum atomic E-state index is 0.0626. The quantitative estimate of drug-likeness (QED) is 0.800. The van der Waals surface area contributed by atoms with Crippen LogP contribution < -0.4 is 9.47 Å². The molecule has 0 atom stereocenters. The Kier molecular flexibility index (Phi) is 5.53. The number of benzene rings is 2. The van der Waals surface area contributed by atoms with Crippen LogP contribution in [0.5, 0.6) is 11.5 Å². The van der Waals surface area contributed by atoms with Gasteiger partial charge in [-0.05, 0) is 54.3 Å². The molecule has 0 aromatic heterocycles. The van der Waals surface area contributed by atoms with E-state index in [2.05, 4.69) is 36.9 Å². The third-order valence-electron chi connectivity index (χ3n) is 5.73. The van der Waals surface area contributed by atoms with Crippen LogP contribution in [0, 0.1) is 13.8 Å². The highest BCUT2D eigenvalue weighted by atomic mass is 16.5. The first-order chi connectivity index (χ1) is 13.6. The third-order valence-corrected chi connectivity index (χ3v) is 5.73. The van der Waals surface area contributed by atoms with Gasteiger partial charge in [-0.3, -0.25) is 9.69 Å². The molecule has 2 aromatic carbocycles. The number of piperazine rings is 1. The summed E-state index contributed by atoms with van der Waals surface area (Å²) in [7, 11) is 0. The molecule has 0 unspecified atom stereocenters. The number of aryl methyl sites for hydroxylation is 2. The number of hydrogen-bond donors (Lipinski definition) is 0. The van der Waals surface area contributed by atoms with Gasteiger partial charge in [0.05, 0.1) is 6.61 Å². The SMILES string of the molecule is Cc1ccc(OCC(=O)N2CCN(Cc3ccc4c(c3)CCO4)CC2)cc1C. The molecular weight excluding hydrogens is 352 g/mol. The predicted octanol–water partition coefficient (Wildman–Crippen LogP) is 2.96. The van der Waals surface area contributed by atoms with Crippen molar-refractivity contribution in [1.29, 1.82) is 0 Å². The summed E-state index contributed by atoms with van der Waals surface area (Å²) in [6, 6.07) is 12.4. The van der Waals surface area contributed by atoms with E-state index >= 15 is 0 Å². The summed E-state index contributed by atoms with van der Waals surface area (Å²) in [6.07, 6.45) is 1.01. The largest absolute Gasteiger partial charge is 0.493 e. The van der Waals surface area contributed by atoms with Crippen molar-refractivity contribution in [2.24, 2.45) is 0 Å². The van der Waals surface area contributed by atoms with Crippen molar-refractivity contribution in [2.75, 3.05) is 39.4 Å². The minimum Gasteiger partial charge on any atom is -0.493 e. The summed E-state index contributed by atoms with van der Waals surface area (Å²) < 4.78 is 11.3. The van der Waals surface area contributed by atoms with Gasteiger partial charge in [-0.25, -0.2) is 0 Å². The van der Waals surface area contributed by atoms with Gasteiger partial charge in [0, 0.05) is 39.1 Å². The maximum atomic E-state index is 12.5. The van der Waals surface area contributed by atoms with E-state index in [1.54, 1.807) is 0 Å². The summed E-state index contributed by atoms with van der Waals surface area (Å²) in [5.41, 5.74) is 5.04. The lowest BCUT2D eigenvalue weighted by Gasteiger charge is -2.34. The molecule has 0 saturated carbocycles. The highest BCUT2D eigenvalue weighted by Crippen LogP contribution is 2.26. The van der Waals surface area contributed by atoms with Crippen LogP contribution in [-0.2, 0) is 17.8 Å². The Bertz CT molecular complexity index is 857. The summed E-state index contributed by atoms with van der Waals surface area (Å²) in [5, 5.41) is 0. The fraction of sp³-hybridized carbons (Fsp3) is 0.435. The zero-order valence-corrected chi connectivity index (χ0v) is 16.7. The average molecular weight is 380 g/mol. The van der Waals surface area contributed by atoms with E-state index in [0.717, 1.165) is 57.3 Å². The number of ether oxygens (including phenoxy) is 2. The maximum Gasteiger partial charge on any atom is 0.260 e. The summed E-state index contributed by atoms with van der Waals surface area (Å²) in [6.45, 7) is 9.24. The normalized spacial score (nSPS) is 16.6. The van der Waals surface area contributed by atoms with E-state index < -0.39 is 0 Å². The molecular formula is C23H28N2O3. The molecule has 0 N–H and O–H groups in total. The Hall–Kier alpha value is -2.53. The highest BCUT2D eigenvalue weighted by Gasteiger charge is 2.22. The first kappa shape index (κ1) is 18.8. The highest BCUT2D eigenvalue weighted by molar-refractivity contribution is 5.77. The fourth-order valence-electron chi connectivity index (χ4n) is 3.79. The van der Waals surface area contributed by atoms with Crippen LogP contribution in [0.25, 0.3) is 0 Å². The Labute approximate surface area is 166 Å². The van der Waals surface area contributed by atoms with Gasteiger partial charge in [-0.1, -0.05) is 18.2 Å². The summed E-state index contributed by atoms with van der Waals surface area (Å²) >= 11 is 0. The molecule has 148 valence electrons. The average Bonchev–Trinajstić information content (AvgIpc) is 3.17. The molecule has 2 aliphatic rings. The molecule has 2 aromatic rings. The van der Waals surface area contributed by atoms with Crippen molar-refractivity contribution in [3.63, 3.8) is 0 Å². The van der Waals surface area contributed by atoms with Crippen LogP contribution in [0.4, 0.5) is 0 Å². The van der Waals surface area contributed by atoms with E-state index in [1.165, 1.54) is 22.3 Å². The third kappa shape index (κ3) is 4.30. The lowest BCUT2D eigenvalue weighted by atomic mass is 10.1. The van der Waals surface area contributed by atoms with E-state index in [-0.39, 0.29) is 12.5 Å². The van der Waals surface area contributed by atoms with Crippen LogP contribution in [0.15, 0.2) is 36.4 Å². The molecule has 1 saturated heterocycles. The van der Waals surface area contributed by atoms with Crippen molar-refractivity contribution in [3.8, 4) is 11.5 Å². The van der Waals surface area contributed by atoms with Crippen LogP contribution in [0.3, 0.4) is 0 Å². The van der Waals surface area contributed by atoms with Crippen molar-refractivity contribution in [2.45, 2.75) is 26.8 Å². The minimum absolute atomic E-state index is 0.0626. The standard InChI is InChI=1S/C23H28N2O3/c1-17-3-5-21(13-18(17)2)28-16-23(26)25-10-8-24(9-11-25)15-19-4-6-22-20(14-19)7-12-27-22/h3-6,13-14H,7-12,15-16H2,1-2H3. The van der Waals surface area contributed by atoms with E-state index in [4.69, 9.17) is 9.47 Å². The van der Waals surface area contributed by atoms with Crippen molar-refractivity contribution in [1.82, 2.24) is 9.80 Å². The van der Waals surface area contributed by atoms with E-state index in [0.29, 0.717) is 0 Å². The lowest BCUT2D eigenvalue weighted by Crippen LogP contribution is -2.49. The number of hydrogen-bond acceptors (Lipinski definition) is 4. The monoisotopic (exact) mass is 380 g/mol. The second-order valence-corrected chi connectivity index (χ2v) is 7.73. The molecule has 0 bridgehead atoms.